The highest BCUT2D eigenvalue weighted by molar-refractivity contribution is 7.99. The molecule has 1 heterocycles. The number of thioether (sulfide) groups is 1. The van der Waals surface area contributed by atoms with E-state index in [1.165, 1.54) is 31.0 Å². The minimum absolute atomic E-state index is 0.0877. The molecule has 0 bridgehead atoms. The normalized spacial score (nSPS) is 22.1. The Bertz CT molecular complexity index is 816. The number of carbonyl (C=O) groups excluding carboxylic acids is 1. The molecule has 1 aromatic carbocycles. The summed E-state index contributed by atoms with van der Waals surface area (Å²) in [4.78, 5) is 12.2. The van der Waals surface area contributed by atoms with E-state index in [4.69, 9.17) is 4.74 Å². The van der Waals surface area contributed by atoms with Crippen LogP contribution in [0.25, 0.3) is 11.4 Å². The van der Waals surface area contributed by atoms with Gasteiger partial charge in [-0.2, -0.15) is 0 Å². The van der Waals surface area contributed by atoms with Crippen LogP contribution < -0.4 is 10.1 Å². The van der Waals surface area contributed by atoms with E-state index in [1.54, 1.807) is 7.11 Å². The third-order valence-electron chi connectivity index (χ3n) is 5.69. The molecule has 0 radical (unpaired) electrons. The summed E-state index contributed by atoms with van der Waals surface area (Å²) < 4.78 is 7.56. The highest BCUT2D eigenvalue weighted by Gasteiger charge is 2.29. The molecule has 0 spiro atoms. The fourth-order valence-corrected chi connectivity index (χ4v) is 4.72. The fourth-order valence-electron chi connectivity index (χ4n) is 3.92. The van der Waals surface area contributed by atoms with Crippen LogP contribution in [-0.2, 0) is 4.79 Å². The van der Waals surface area contributed by atoms with Gasteiger partial charge in [0.25, 0.3) is 0 Å². The highest BCUT2D eigenvalue weighted by atomic mass is 32.2. The van der Waals surface area contributed by atoms with Crippen molar-refractivity contribution in [3.8, 4) is 17.1 Å². The first-order chi connectivity index (χ1) is 13.7. The molecule has 2 aliphatic rings. The van der Waals surface area contributed by atoms with Crippen LogP contribution in [0.3, 0.4) is 0 Å². The summed E-state index contributed by atoms with van der Waals surface area (Å²) in [5, 5.41) is 12.9. The Hall–Kier alpha value is -2.02. The average Bonchev–Trinajstić information content (AvgIpc) is 3.43. The van der Waals surface area contributed by atoms with E-state index in [1.807, 2.05) is 24.3 Å². The van der Waals surface area contributed by atoms with Crippen molar-refractivity contribution < 1.29 is 9.53 Å². The predicted molar refractivity (Wildman–Crippen MR) is 111 cm³/mol. The Balaban J connectivity index is 1.60. The Morgan fingerprint density at radius 2 is 1.93 bits per heavy atom. The maximum atomic E-state index is 12.2. The molecular formula is C21H28N4O2S. The smallest absolute Gasteiger partial charge is 0.230 e. The minimum Gasteiger partial charge on any atom is -0.497 e. The van der Waals surface area contributed by atoms with Gasteiger partial charge in [0.1, 0.15) is 5.75 Å². The second kappa shape index (κ2) is 8.55. The average molecular weight is 401 g/mol. The molecule has 2 aromatic rings. The second-order valence-corrected chi connectivity index (χ2v) is 8.81. The van der Waals surface area contributed by atoms with Crippen molar-refractivity contribution in [2.45, 2.75) is 62.7 Å². The maximum absolute atomic E-state index is 12.2. The van der Waals surface area contributed by atoms with Gasteiger partial charge in [-0.25, -0.2) is 0 Å². The minimum atomic E-state index is 0.0877. The van der Waals surface area contributed by atoms with Crippen molar-refractivity contribution in [3.05, 3.63) is 24.3 Å². The van der Waals surface area contributed by atoms with Gasteiger partial charge in [-0.05, 0) is 55.9 Å². The quantitative estimate of drug-likeness (QED) is 0.710. The lowest BCUT2D eigenvalue weighted by Crippen LogP contribution is -2.27. The number of nitrogens with zero attached hydrogens (tertiary/aromatic N) is 3. The molecule has 2 fully saturated rings. The molecule has 0 unspecified atom stereocenters. The maximum Gasteiger partial charge on any atom is 0.230 e. The molecule has 2 atom stereocenters. The van der Waals surface area contributed by atoms with Crippen molar-refractivity contribution in [3.63, 3.8) is 0 Å². The fraction of sp³-hybridized carbons (Fsp3) is 0.571. The van der Waals surface area contributed by atoms with E-state index >= 15 is 0 Å². The molecule has 1 aromatic heterocycles. The summed E-state index contributed by atoms with van der Waals surface area (Å²) >= 11 is 1.50. The first-order valence-corrected chi connectivity index (χ1v) is 11.2. The van der Waals surface area contributed by atoms with Crippen molar-refractivity contribution in [1.29, 1.82) is 0 Å². The predicted octanol–water partition coefficient (Wildman–Crippen LogP) is 4.08. The molecule has 0 saturated heterocycles. The molecule has 2 aliphatic carbocycles. The molecule has 7 heteroatoms. The monoisotopic (exact) mass is 400 g/mol. The number of nitrogens with one attached hydrogen (secondary N) is 1. The first-order valence-electron chi connectivity index (χ1n) is 10.2. The topological polar surface area (TPSA) is 69.0 Å². The van der Waals surface area contributed by atoms with Crippen LogP contribution >= 0.6 is 11.8 Å². The summed E-state index contributed by atoms with van der Waals surface area (Å²) in [5.74, 6) is 2.75. The number of carbonyl (C=O) groups is 1. The van der Waals surface area contributed by atoms with Gasteiger partial charge in [0.15, 0.2) is 11.0 Å². The van der Waals surface area contributed by atoms with Crippen LogP contribution in [0.15, 0.2) is 29.4 Å². The highest BCUT2D eigenvalue weighted by Crippen LogP contribution is 2.39. The molecule has 150 valence electrons. The Morgan fingerprint density at radius 3 is 2.61 bits per heavy atom. The lowest BCUT2D eigenvalue weighted by atomic mass is 9.85. The molecule has 0 aliphatic heterocycles. The van der Waals surface area contributed by atoms with E-state index in [0.29, 0.717) is 23.8 Å². The van der Waals surface area contributed by atoms with Crippen LogP contribution in [0.5, 0.6) is 5.75 Å². The zero-order valence-corrected chi connectivity index (χ0v) is 17.4. The number of aromatic nitrogens is 3. The summed E-state index contributed by atoms with van der Waals surface area (Å²) in [6, 6.07) is 8.72. The van der Waals surface area contributed by atoms with E-state index in [-0.39, 0.29) is 5.91 Å². The van der Waals surface area contributed by atoms with Crippen LogP contribution in [0.2, 0.25) is 0 Å². The number of hydrogen-bond donors (Lipinski definition) is 1. The summed E-state index contributed by atoms with van der Waals surface area (Å²) in [5.41, 5.74) is 1.03. The number of methoxy groups -OCH3 is 1. The van der Waals surface area contributed by atoms with Gasteiger partial charge >= 0.3 is 0 Å². The lowest BCUT2D eigenvalue weighted by Gasteiger charge is -2.31. The van der Waals surface area contributed by atoms with Crippen molar-refractivity contribution in [1.82, 2.24) is 20.1 Å². The Morgan fingerprint density at radius 1 is 1.18 bits per heavy atom. The molecule has 1 amide bonds. The summed E-state index contributed by atoms with van der Waals surface area (Å²) in [6.07, 6.45) is 7.06. The third kappa shape index (κ3) is 4.35. The van der Waals surface area contributed by atoms with E-state index in [2.05, 4.69) is 27.0 Å². The summed E-state index contributed by atoms with van der Waals surface area (Å²) in [7, 11) is 1.67. The largest absolute Gasteiger partial charge is 0.497 e. The van der Waals surface area contributed by atoms with E-state index in [9.17, 15) is 4.79 Å². The van der Waals surface area contributed by atoms with Gasteiger partial charge in [0.2, 0.25) is 5.91 Å². The molecule has 1 N–H and O–H groups in total. The molecule has 28 heavy (non-hydrogen) atoms. The van der Waals surface area contributed by atoms with Crippen LogP contribution in [0.1, 0.15) is 51.5 Å². The molecular weight excluding hydrogens is 372 g/mol. The van der Waals surface area contributed by atoms with Crippen molar-refractivity contribution in [2.75, 3.05) is 12.9 Å². The third-order valence-corrected chi connectivity index (χ3v) is 6.63. The molecule has 4 rings (SSSR count). The number of hydrogen-bond acceptors (Lipinski definition) is 5. The van der Waals surface area contributed by atoms with Gasteiger partial charge in [0.05, 0.1) is 12.9 Å². The van der Waals surface area contributed by atoms with E-state index < -0.39 is 0 Å². The lowest BCUT2D eigenvalue weighted by molar-refractivity contribution is -0.118. The molecule has 2 saturated carbocycles. The number of amides is 1. The number of ether oxygens (including phenoxy) is 1. The van der Waals surface area contributed by atoms with Crippen molar-refractivity contribution in [2.24, 2.45) is 5.92 Å². The van der Waals surface area contributed by atoms with Gasteiger partial charge in [-0.3, -0.25) is 9.36 Å². The van der Waals surface area contributed by atoms with Crippen LogP contribution in [-0.4, -0.2) is 39.6 Å². The molecule has 6 nitrogen and oxygen atoms in total. The van der Waals surface area contributed by atoms with Gasteiger partial charge in [-0.15, -0.1) is 10.2 Å². The zero-order chi connectivity index (χ0) is 19.5. The standard InChI is InChI=1S/C21H28N4O2S/c1-14-5-3-4-6-18(14)25-20(15-7-11-17(27-2)12-8-15)23-24-21(25)28-13-19(26)22-16-9-10-16/h7-8,11-12,14,16,18H,3-6,9-10,13H2,1-2H3,(H,22,26)/t14-,18-/m1/s1. The van der Waals surface area contributed by atoms with Gasteiger partial charge < -0.3 is 10.1 Å². The van der Waals surface area contributed by atoms with Crippen LogP contribution in [0.4, 0.5) is 0 Å². The van der Waals surface area contributed by atoms with Gasteiger partial charge in [0, 0.05) is 17.6 Å². The number of benzene rings is 1. The number of rotatable bonds is 7. The second-order valence-electron chi connectivity index (χ2n) is 7.86. The van der Waals surface area contributed by atoms with Crippen molar-refractivity contribution >= 4 is 17.7 Å². The first kappa shape index (κ1) is 19.3. The SMILES string of the molecule is COc1ccc(-c2nnc(SCC(=O)NC3CC3)n2[C@@H]2CCCC[C@H]2C)cc1. The van der Waals surface area contributed by atoms with Gasteiger partial charge in [-0.1, -0.05) is 31.5 Å². The van der Waals surface area contributed by atoms with E-state index in [0.717, 1.165) is 41.6 Å². The zero-order valence-electron chi connectivity index (χ0n) is 16.6. The Kier molecular flexibility index (Phi) is 5.90. The van der Waals surface area contributed by atoms with Crippen LogP contribution in [0, 0.1) is 5.92 Å². The Labute approximate surface area is 170 Å². The summed E-state index contributed by atoms with van der Waals surface area (Å²) in [6.45, 7) is 2.32.